The highest BCUT2D eigenvalue weighted by molar-refractivity contribution is 5.96. The Morgan fingerprint density at radius 3 is 2.29 bits per heavy atom. The second-order valence-electron chi connectivity index (χ2n) is 10.2. The molecule has 2 aromatic rings. The molecule has 2 aromatic carbocycles. The normalized spacial score (nSPS) is 18.6. The van der Waals surface area contributed by atoms with E-state index >= 15 is 0 Å². The molecule has 1 amide bonds. The molecular formula is C30H38F2N2O4. The van der Waals surface area contributed by atoms with Crippen LogP contribution in [0.15, 0.2) is 35.9 Å². The average molecular weight is 529 g/mol. The minimum Gasteiger partial charge on any atom is -0.493 e. The topological polar surface area (TPSA) is 51.2 Å². The largest absolute Gasteiger partial charge is 0.493 e. The fourth-order valence-corrected chi connectivity index (χ4v) is 5.86. The van der Waals surface area contributed by atoms with Gasteiger partial charge >= 0.3 is 0 Å². The molecule has 1 atom stereocenters. The van der Waals surface area contributed by atoms with E-state index in [1.165, 1.54) is 59.1 Å². The van der Waals surface area contributed by atoms with Crippen LogP contribution in [0, 0.1) is 11.6 Å². The van der Waals surface area contributed by atoms with Crippen molar-refractivity contribution in [1.29, 1.82) is 0 Å². The summed E-state index contributed by atoms with van der Waals surface area (Å²) in [6.45, 7) is 3.78. The van der Waals surface area contributed by atoms with E-state index in [0.29, 0.717) is 41.9 Å². The van der Waals surface area contributed by atoms with Crippen molar-refractivity contribution in [3.05, 3.63) is 58.7 Å². The Morgan fingerprint density at radius 1 is 1.00 bits per heavy atom. The fraction of sp³-hybridized carbons (Fsp3) is 0.500. The molecule has 0 aromatic heterocycles. The summed E-state index contributed by atoms with van der Waals surface area (Å²) in [5, 5.41) is 0. The first-order chi connectivity index (χ1) is 18.3. The first kappa shape index (κ1) is 27.9. The van der Waals surface area contributed by atoms with Crippen LogP contribution in [0.25, 0.3) is 6.08 Å². The van der Waals surface area contributed by atoms with Gasteiger partial charge in [-0.2, -0.15) is 0 Å². The highest BCUT2D eigenvalue weighted by Crippen LogP contribution is 2.39. The Hall–Kier alpha value is -3.13. The molecule has 4 rings (SSSR count). The number of likely N-dealkylation sites (tertiary alicyclic amines) is 1. The van der Waals surface area contributed by atoms with Crippen LogP contribution in [0.3, 0.4) is 0 Å². The van der Waals surface area contributed by atoms with Crippen molar-refractivity contribution < 1.29 is 27.8 Å². The van der Waals surface area contributed by atoms with E-state index in [0.717, 1.165) is 31.0 Å². The zero-order valence-electron chi connectivity index (χ0n) is 22.8. The highest BCUT2D eigenvalue weighted by Gasteiger charge is 2.34. The van der Waals surface area contributed by atoms with Crippen molar-refractivity contribution in [1.82, 2.24) is 9.80 Å². The minimum atomic E-state index is -0.630. The molecule has 1 saturated carbocycles. The van der Waals surface area contributed by atoms with Crippen LogP contribution < -0.4 is 14.2 Å². The summed E-state index contributed by atoms with van der Waals surface area (Å²) in [5.74, 6) is -0.188. The van der Waals surface area contributed by atoms with Crippen LogP contribution in [0.1, 0.15) is 61.4 Å². The van der Waals surface area contributed by atoms with Crippen LogP contribution in [0.4, 0.5) is 8.78 Å². The monoisotopic (exact) mass is 528 g/mol. The summed E-state index contributed by atoms with van der Waals surface area (Å²) >= 11 is 0. The number of hydrogen-bond acceptors (Lipinski definition) is 5. The van der Waals surface area contributed by atoms with Crippen molar-refractivity contribution in [3.8, 4) is 17.2 Å². The van der Waals surface area contributed by atoms with Crippen molar-refractivity contribution in [3.63, 3.8) is 0 Å². The lowest BCUT2D eigenvalue weighted by molar-refractivity contribution is 0.0696. The van der Waals surface area contributed by atoms with Gasteiger partial charge in [0.2, 0.25) is 5.75 Å². The molecule has 1 aliphatic carbocycles. The van der Waals surface area contributed by atoms with Gasteiger partial charge in [0.25, 0.3) is 5.91 Å². The van der Waals surface area contributed by atoms with Gasteiger partial charge in [-0.1, -0.05) is 24.5 Å². The maximum absolute atomic E-state index is 14.4. The number of carbonyl (C=O) groups excluding carboxylic acids is 1. The Labute approximate surface area is 224 Å². The van der Waals surface area contributed by atoms with Crippen LogP contribution >= 0.6 is 0 Å². The van der Waals surface area contributed by atoms with Gasteiger partial charge in [0.1, 0.15) is 11.6 Å². The van der Waals surface area contributed by atoms with Gasteiger partial charge in [-0.3, -0.25) is 9.69 Å². The number of amides is 1. The summed E-state index contributed by atoms with van der Waals surface area (Å²) in [5.41, 5.74) is 1.50. The third kappa shape index (κ3) is 6.29. The number of carbonyl (C=O) groups is 1. The molecule has 0 spiro atoms. The summed E-state index contributed by atoms with van der Waals surface area (Å²) < 4.78 is 44.2. The lowest BCUT2D eigenvalue weighted by Gasteiger charge is -2.34. The number of nitrogens with zero attached hydrogens (tertiary/aromatic N) is 2. The van der Waals surface area contributed by atoms with E-state index in [1.54, 1.807) is 18.2 Å². The van der Waals surface area contributed by atoms with Crippen molar-refractivity contribution >= 4 is 12.0 Å². The van der Waals surface area contributed by atoms with E-state index in [2.05, 4.69) is 4.90 Å². The molecule has 0 bridgehead atoms. The SMILES string of the molecule is COc1cc(C(=O)N(C/C(C)=C/c2ccc(F)cc2F)CC2CCCN2C2CCCC2)cc(OC)c1OC. The number of benzene rings is 2. The third-order valence-electron chi connectivity index (χ3n) is 7.65. The van der Waals surface area contributed by atoms with Crippen LogP contribution in [0.2, 0.25) is 0 Å². The van der Waals surface area contributed by atoms with E-state index in [4.69, 9.17) is 14.2 Å². The second kappa shape index (κ2) is 12.6. The van der Waals surface area contributed by atoms with Gasteiger partial charge in [-0.05, 0) is 63.4 Å². The maximum atomic E-state index is 14.4. The van der Waals surface area contributed by atoms with E-state index < -0.39 is 11.6 Å². The first-order valence-electron chi connectivity index (χ1n) is 13.3. The molecule has 2 aliphatic rings. The van der Waals surface area contributed by atoms with Gasteiger partial charge in [-0.25, -0.2) is 8.78 Å². The van der Waals surface area contributed by atoms with Crippen LogP contribution in [-0.4, -0.2) is 68.8 Å². The Kier molecular flexibility index (Phi) is 9.26. The lowest BCUT2D eigenvalue weighted by Crippen LogP contribution is -2.46. The van der Waals surface area contributed by atoms with E-state index in [1.807, 2.05) is 11.8 Å². The summed E-state index contributed by atoms with van der Waals surface area (Å²) in [6, 6.07) is 7.69. The molecule has 8 heteroatoms. The Bertz CT molecular complexity index is 1140. The predicted octanol–water partition coefficient (Wildman–Crippen LogP) is 5.94. The highest BCUT2D eigenvalue weighted by atomic mass is 19.1. The maximum Gasteiger partial charge on any atom is 0.254 e. The van der Waals surface area contributed by atoms with Crippen molar-refractivity contribution in [2.45, 2.75) is 57.5 Å². The van der Waals surface area contributed by atoms with Gasteiger partial charge in [-0.15, -0.1) is 0 Å². The number of halogens is 2. The summed E-state index contributed by atoms with van der Waals surface area (Å²) in [4.78, 5) is 18.4. The van der Waals surface area contributed by atoms with Gasteiger partial charge in [0.05, 0.1) is 21.3 Å². The molecule has 1 aliphatic heterocycles. The molecule has 0 radical (unpaired) electrons. The molecule has 2 fully saturated rings. The number of hydrogen-bond donors (Lipinski definition) is 0. The van der Waals surface area contributed by atoms with E-state index in [-0.39, 0.29) is 17.5 Å². The predicted molar refractivity (Wildman–Crippen MR) is 144 cm³/mol. The molecular weight excluding hydrogens is 490 g/mol. The summed E-state index contributed by atoms with van der Waals surface area (Å²) in [6.07, 6.45) is 8.75. The fourth-order valence-electron chi connectivity index (χ4n) is 5.86. The average Bonchev–Trinajstić information content (AvgIpc) is 3.60. The second-order valence-corrected chi connectivity index (χ2v) is 10.2. The van der Waals surface area contributed by atoms with Gasteiger partial charge in [0.15, 0.2) is 11.5 Å². The molecule has 6 nitrogen and oxygen atoms in total. The Morgan fingerprint density at radius 2 is 1.68 bits per heavy atom. The zero-order valence-corrected chi connectivity index (χ0v) is 22.8. The standard InChI is InChI=1S/C30H38F2N2O4/c1-20(14-21-11-12-23(31)17-26(21)32)18-33(19-25-10-7-13-34(25)24-8-5-6-9-24)30(35)22-15-27(36-2)29(38-4)28(16-22)37-3/h11-12,14-17,24-25H,5-10,13,18-19H2,1-4H3/b20-14+. The van der Waals surface area contributed by atoms with E-state index in [9.17, 15) is 13.6 Å². The van der Waals surface area contributed by atoms with Gasteiger partial charge < -0.3 is 19.1 Å². The summed E-state index contributed by atoms with van der Waals surface area (Å²) in [7, 11) is 4.56. The first-order valence-corrected chi connectivity index (χ1v) is 13.3. The Balaban J connectivity index is 1.65. The number of ether oxygens (including phenoxy) is 3. The molecule has 0 N–H and O–H groups in total. The molecule has 206 valence electrons. The molecule has 38 heavy (non-hydrogen) atoms. The number of methoxy groups -OCH3 is 3. The van der Waals surface area contributed by atoms with Crippen LogP contribution in [-0.2, 0) is 0 Å². The van der Waals surface area contributed by atoms with Crippen molar-refractivity contribution in [2.24, 2.45) is 0 Å². The van der Waals surface area contributed by atoms with Gasteiger partial charge in [0, 0.05) is 42.4 Å². The van der Waals surface area contributed by atoms with Crippen molar-refractivity contribution in [2.75, 3.05) is 41.0 Å². The minimum absolute atomic E-state index is 0.171. The third-order valence-corrected chi connectivity index (χ3v) is 7.65. The molecule has 1 unspecified atom stereocenters. The molecule has 1 heterocycles. The quantitative estimate of drug-likeness (QED) is 0.382. The lowest BCUT2D eigenvalue weighted by atomic mass is 10.1. The van der Waals surface area contributed by atoms with Crippen LogP contribution in [0.5, 0.6) is 17.2 Å². The number of rotatable bonds is 10. The smallest absolute Gasteiger partial charge is 0.254 e. The zero-order chi connectivity index (χ0) is 27.2. The molecule has 1 saturated heterocycles.